The van der Waals surface area contributed by atoms with Crippen LogP contribution in [0.15, 0.2) is 24.3 Å². The van der Waals surface area contributed by atoms with Gasteiger partial charge in [-0.05, 0) is 36.6 Å². The van der Waals surface area contributed by atoms with Gasteiger partial charge in [-0.15, -0.1) is 0 Å². The highest BCUT2D eigenvalue weighted by Gasteiger charge is 2.31. The number of carbonyl (C=O) groups is 1. The van der Waals surface area contributed by atoms with Gasteiger partial charge in [0.1, 0.15) is 6.10 Å². The lowest BCUT2D eigenvalue weighted by molar-refractivity contribution is 0.0579. The van der Waals surface area contributed by atoms with E-state index in [4.69, 9.17) is 16.3 Å². The van der Waals surface area contributed by atoms with Crippen molar-refractivity contribution in [2.24, 2.45) is 5.92 Å². The normalized spacial score (nSPS) is 25.5. The predicted molar refractivity (Wildman–Crippen MR) is 59.3 cm³/mol. The van der Waals surface area contributed by atoms with Crippen LogP contribution < -0.4 is 0 Å². The standard InChI is InChI=1S/C12H13ClO2/c1-8-6-7-15-12(8)11(14)9-2-4-10(13)5-3-9/h2-5,8,12H,6-7H2,1H3. The smallest absolute Gasteiger partial charge is 0.191 e. The van der Waals surface area contributed by atoms with E-state index in [1.165, 1.54) is 0 Å². The van der Waals surface area contributed by atoms with E-state index in [2.05, 4.69) is 0 Å². The molecule has 0 bridgehead atoms. The molecular formula is C12H13ClO2. The number of carbonyl (C=O) groups excluding carboxylic acids is 1. The third-order valence-electron chi connectivity index (χ3n) is 2.77. The van der Waals surface area contributed by atoms with Crippen LogP contribution in [0, 0.1) is 5.92 Å². The van der Waals surface area contributed by atoms with E-state index in [0.29, 0.717) is 23.1 Å². The van der Waals surface area contributed by atoms with Crippen molar-refractivity contribution in [1.29, 1.82) is 0 Å². The fraction of sp³-hybridized carbons (Fsp3) is 0.417. The molecule has 1 aromatic rings. The molecule has 0 N–H and O–H groups in total. The first-order valence-corrected chi connectivity index (χ1v) is 5.47. The number of ketones is 1. The zero-order chi connectivity index (χ0) is 10.8. The fourth-order valence-corrected chi connectivity index (χ4v) is 1.94. The molecule has 0 aliphatic carbocycles. The van der Waals surface area contributed by atoms with Crippen LogP contribution in [0.3, 0.4) is 0 Å². The van der Waals surface area contributed by atoms with Crippen molar-refractivity contribution >= 4 is 17.4 Å². The highest BCUT2D eigenvalue weighted by atomic mass is 35.5. The first kappa shape index (κ1) is 10.7. The molecule has 1 saturated heterocycles. The van der Waals surface area contributed by atoms with Crippen molar-refractivity contribution in [2.45, 2.75) is 19.4 Å². The zero-order valence-electron chi connectivity index (χ0n) is 8.57. The summed E-state index contributed by atoms with van der Waals surface area (Å²) in [4.78, 5) is 12.0. The van der Waals surface area contributed by atoms with Crippen LogP contribution in [0.2, 0.25) is 5.02 Å². The summed E-state index contributed by atoms with van der Waals surface area (Å²) in [5.74, 6) is 0.379. The minimum atomic E-state index is -0.272. The van der Waals surface area contributed by atoms with Crippen molar-refractivity contribution in [3.8, 4) is 0 Å². The molecule has 1 aliphatic rings. The average molecular weight is 225 g/mol. The van der Waals surface area contributed by atoms with Gasteiger partial charge in [-0.2, -0.15) is 0 Å². The molecule has 0 aromatic heterocycles. The Morgan fingerprint density at radius 1 is 1.40 bits per heavy atom. The molecule has 0 spiro atoms. The summed E-state index contributed by atoms with van der Waals surface area (Å²) in [5, 5.41) is 0.645. The van der Waals surface area contributed by atoms with E-state index >= 15 is 0 Å². The lowest BCUT2D eigenvalue weighted by Gasteiger charge is -2.12. The van der Waals surface area contributed by atoms with Gasteiger partial charge in [-0.3, -0.25) is 4.79 Å². The van der Waals surface area contributed by atoms with Crippen molar-refractivity contribution in [3.05, 3.63) is 34.9 Å². The van der Waals surface area contributed by atoms with Crippen LogP contribution in [-0.2, 0) is 4.74 Å². The third-order valence-corrected chi connectivity index (χ3v) is 3.03. The molecule has 3 heteroatoms. The Hall–Kier alpha value is -0.860. The Morgan fingerprint density at radius 2 is 2.07 bits per heavy atom. The van der Waals surface area contributed by atoms with E-state index in [0.717, 1.165) is 6.42 Å². The van der Waals surface area contributed by atoms with Gasteiger partial charge in [0.05, 0.1) is 0 Å². The molecule has 2 nitrogen and oxygen atoms in total. The van der Waals surface area contributed by atoms with Crippen molar-refractivity contribution in [2.75, 3.05) is 6.61 Å². The number of hydrogen-bond acceptors (Lipinski definition) is 2. The Labute approximate surface area is 94.2 Å². The molecule has 80 valence electrons. The molecule has 2 rings (SSSR count). The van der Waals surface area contributed by atoms with Gasteiger partial charge in [-0.25, -0.2) is 0 Å². The van der Waals surface area contributed by atoms with E-state index in [9.17, 15) is 4.79 Å². The lowest BCUT2D eigenvalue weighted by Crippen LogP contribution is -2.25. The second-order valence-electron chi connectivity index (χ2n) is 3.93. The van der Waals surface area contributed by atoms with E-state index < -0.39 is 0 Å². The summed E-state index contributed by atoms with van der Waals surface area (Å²) in [6.45, 7) is 2.73. The molecule has 1 heterocycles. The highest BCUT2D eigenvalue weighted by Crippen LogP contribution is 2.24. The van der Waals surface area contributed by atoms with Gasteiger partial charge in [-0.1, -0.05) is 18.5 Å². The molecule has 0 amide bonds. The number of benzene rings is 1. The number of Topliss-reactive ketones (excluding diaryl/α,β-unsaturated/α-hetero) is 1. The van der Waals surface area contributed by atoms with Crippen molar-refractivity contribution in [3.63, 3.8) is 0 Å². The minimum absolute atomic E-state index is 0.0664. The molecule has 2 unspecified atom stereocenters. The quantitative estimate of drug-likeness (QED) is 0.722. The van der Waals surface area contributed by atoms with Gasteiger partial charge in [0, 0.05) is 17.2 Å². The zero-order valence-corrected chi connectivity index (χ0v) is 9.33. The number of ether oxygens (including phenoxy) is 1. The van der Waals surface area contributed by atoms with Gasteiger partial charge in [0.2, 0.25) is 0 Å². The van der Waals surface area contributed by atoms with Gasteiger partial charge >= 0.3 is 0 Å². The summed E-state index contributed by atoms with van der Waals surface area (Å²) in [6.07, 6.45) is 0.690. The van der Waals surface area contributed by atoms with Crippen LogP contribution in [0.5, 0.6) is 0 Å². The maximum absolute atomic E-state index is 12.0. The molecule has 0 saturated carbocycles. The van der Waals surface area contributed by atoms with Crippen LogP contribution >= 0.6 is 11.6 Å². The minimum Gasteiger partial charge on any atom is -0.370 e. The highest BCUT2D eigenvalue weighted by molar-refractivity contribution is 6.30. The predicted octanol–water partition coefficient (Wildman–Crippen LogP) is 2.95. The molecule has 2 atom stereocenters. The number of rotatable bonds is 2. The topological polar surface area (TPSA) is 26.3 Å². The lowest BCUT2D eigenvalue weighted by atomic mass is 9.96. The van der Waals surface area contributed by atoms with Crippen molar-refractivity contribution < 1.29 is 9.53 Å². The molecule has 0 radical (unpaired) electrons. The van der Waals surface area contributed by atoms with Crippen molar-refractivity contribution in [1.82, 2.24) is 0 Å². The molecule has 1 aliphatic heterocycles. The van der Waals surface area contributed by atoms with Gasteiger partial charge in [0.15, 0.2) is 5.78 Å². The molecule has 1 fully saturated rings. The maximum Gasteiger partial charge on any atom is 0.191 e. The Bertz CT molecular complexity index is 358. The molecule has 1 aromatic carbocycles. The summed E-state index contributed by atoms with van der Waals surface area (Å²) in [7, 11) is 0. The van der Waals surface area contributed by atoms with Crippen LogP contribution in [0.1, 0.15) is 23.7 Å². The van der Waals surface area contributed by atoms with Gasteiger partial charge in [0.25, 0.3) is 0 Å². The number of hydrogen-bond donors (Lipinski definition) is 0. The fourth-order valence-electron chi connectivity index (χ4n) is 1.81. The van der Waals surface area contributed by atoms with Gasteiger partial charge < -0.3 is 4.74 Å². The van der Waals surface area contributed by atoms with Crippen LogP contribution in [0.4, 0.5) is 0 Å². The summed E-state index contributed by atoms with van der Waals surface area (Å²) in [5.41, 5.74) is 0.679. The number of halogens is 1. The summed E-state index contributed by atoms with van der Waals surface area (Å²) >= 11 is 5.76. The van der Waals surface area contributed by atoms with Crippen LogP contribution in [0.25, 0.3) is 0 Å². The average Bonchev–Trinajstić information content (AvgIpc) is 2.65. The second-order valence-corrected chi connectivity index (χ2v) is 4.36. The SMILES string of the molecule is CC1CCOC1C(=O)c1ccc(Cl)cc1. The Morgan fingerprint density at radius 3 is 2.60 bits per heavy atom. The third kappa shape index (κ3) is 2.21. The maximum atomic E-state index is 12.0. The Kier molecular flexibility index (Phi) is 3.08. The monoisotopic (exact) mass is 224 g/mol. The summed E-state index contributed by atoms with van der Waals surface area (Å²) < 4.78 is 5.43. The molecule has 15 heavy (non-hydrogen) atoms. The first-order valence-electron chi connectivity index (χ1n) is 5.10. The van der Waals surface area contributed by atoms with E-state index in [-0.39, 0.29) is 11.9 Å². The Balaban J connectivity index is 2.17. The largest absolute Gasteiger partial charge is 0.370 e. The summed E-state index contributed by atoms with van der Waals surface area (Å²) in [6, 6.07) is 6.96. The van der Waals surface area contributed by atoms with E-state index in [1.54, 1.807) is 24.3 Å². The second kappa shape index (κ2) is 4.33. The van der Waals surface area contributed by atoms with Crippen LogP contribution in [-0.4, -0.2) is 18.5 Å². The van der Waals surface area contributed by atoms with E-state index in [1.807, 2.05) is 6.92 Å². The molecular weight excluding hydrogens is 212 g/mol. The first-order chi connectivity index (χ1) is 7.18.